The quantitative estimate of drug-likeness (QED) is 0.186. The van der Waals surface area contributed by atoms with E-state index >= 15 is 0 Å². The van der Waals surface area contributed by atoms with Crippen LogP contribution in [-0.2, 0) is 10.4 Å². The minimum atomic E-state index is -4.67. The molecule has 0 aliphatic rings. The minimum Gasteiger partial charge on any atom is -0.870 e. The molecule has 0 saturated carbocycles. The van der Waals surface area contributed by atoms with Gasteiger partial charge in [0.15, 0.2) is 0 Å². The van der Waals surface area contributed by atoms with Gasteiger partial charge < -0.3 is 20.8 Å². The summed E-state index contributed by atoms with van der Waals surface area (Å²) in [6.45, 7) is 0. The largest absolute Gasteiger partial charge is 1.00 e. The van der Waals surface area contributed by atoms with Crippen molar-refractivity contribution in [2.45, 2.75) is 0 Å². The van der Waals surface area contributed by atoms with Gasteiger partial charge in [0.1, 0.15) is 0 Å². The van der Waals surface area contributed by atoms with Gasteiger partial charge in [0, 0.05) is 0 Å². The van der Waals surface area contributed by atoms with E-state index in [1.54, 1.807) is 0 Å². The van der Waals surface area contributed by atoms with Crippen LogP contribution in [0.4, 0.5) is 0 Å². The average molecular weight is 255 g/mol. The zero-order valence-electron chi connectivity index (χ0n) is 6.24. The normalized spacial score (nSPS) is 6.83. The van der Waals surface area contributed by atoms with Crippen molar-refractivity contribution in [3.63, 3.8) is 0 Å². The Kier molecular flexibility index (Phi) is 38.4. The summed E-state index contributed by atoms with van der Waals surface area (Å²) in [5.74, 6) is 0. The van der Waals surface area contributed by atoms with Crippen LogP contribution in [0.15, 0.2) is 0 Å². The van der Waals surface area contributed by atoms with Crippen molar-refractivity contribution in [1.29, 1.82) is 0 Å². The molecule has 0 radical (unpaired) electrons. The summed E-state index contributed by atoms with van der Waals surface area (Å²) in [6, 6.07) is 0. The molecule has 0 unspecified atom stereocenters. The SMILES string of the molecule is O=S(=O)(O)O.O=[N+]([O-])[O-].[K+].[K+].[OH-]. The van der Waals surface area contributed by atoms with Crippen molar-refractivity contribution in [1.82, 2.24) is 0 Å². The standard InChI is InChI=1S/2K.NO3.H2O4S.H2O/c;;2-1(3)4;1-5(2,3)4;/h;;;(H2,1,2,3,4);1H2/q2*+1;-1;;/p-1. The van der Waals surface area contributed by atoms with E-state index in [2.05, 4.69) is 0 Å². The molecular weight excluding hydrogens is 252 g/mol. The molecule has 0 aliphatic heterocycles. The van der Waals surface area contributed by atoms with Crippen LogP contribution in [0, 0.1) is 15.3 Å². The van der Waals surface area contributed by atoms with Crippen molar-refractivity contribution >= 4 is 10.4 Å². The topological polar surface area (TPSA) is 171 Å². The van der Waals surface area contributed by atoms with Crippen molar-refractivity contribution in [3.8, 4) is 0 Å². The molecule has 64 valence electrons. The Morgan fingerprint density at radius 2 is 1.08 bits per heavy atom. The first-order valence-corrected chi connectivity index (χ1v) is 2.64. The van der Waals surface area contributed by atoms with E-state index in [4.69, 9.17) is 32.8 Å². The summed E-state index contributed by atoms with van der Waals surface area (Å²) < 4.78 is 31.6. The van der Waals surface area contributed by atoms with Crippen LogP contribution in [0.2, 0.25) is 0 Å². The third kappa shape index (κ3) is 296. The molecule has 0 rings (SSSR count). The second-order valence-corrected chi connectivity index (χ2v) is 1.57. The Balaban J connectivity index is -0.0000000221. The molecule has 0 saturated heterocycles. The first-order chi connectivity index (χ1) is 3.73. The second kappa shape index (κ2) is 15.8. The Labute approximate surface area is 153 Å². The number of rotatable bonds is 0. The average Bonchev–Trinajstić information content (AvgIpc) is 1.19. The van der Waals surface area contributed by atoms with Crippen LogP contribution in [0.5, 0.6) is 0 Å². The Morgan fingerprint density at radius 3 is 1.08 bits per heavy atom. The molecule has 0 fully saturated rings. The molecule has 3 N–H and O–H groups in total. The first-order valence-electron chi connectivity index (χ1n) is 1.25. The molecule has 0 aromatic heterocycles. The molecular formula is H3K2NO8S. The maximum absolute atomic E-state index is 8.74. The van der Waals surface area contributed by atoms with Gasteiger partial charge in [-0.2, -0.15) is 8.42 Å². The summed E-state index contributed by atoms with van der Waals surface area (Å²) >= 11 is 0. The van der Waals surface area contributed by atoms with E-state index in [-0.39, 0.29) is 108 Å². The number of hydrogen-bond acceptors (Lipinski definition) is 6. The van der Waals surface area contributed by atoms with Crippen LogP contribution < -0.4 is 103 Å². The smallest absolute Gasteiger partial charge is 0.870 e. The summed E-state index contributed by atoms with van der Waals surface area (Å²) in [6.07, 6.45) is 0. The maximum Gasteiger partial charge on any atom is 1.00 e. The molecule has 0 aromatic carbocycles. The minimum absolute atomic E-state index is 0. The summed E-state index contributed by atoms with van der Waals surface area (Å²) in [7, 11) is -4.67. The molecule has 12 heteroatoms. The first kappa shape index (κ1) is 29.2. The fourth-order valence-electron chi connectivity index (χ4n) is 0. The van der Waals surface area contributed by atoms with Gasteiger partial charge in [-0.25, -0.2) is 0 Å². The molecule has 0 aromatic rings. The third-order valence-electron chi connectivity index (χ3n) is 0. The fraction of sp³-hybridized carbons (Fsp3) is 0. The van der Waals surface area contributed by atoms with E-state index in [1.165, 1.54) is 0 Å². The summed E-state index contributed by atoms with van der Waals surface area (Å²) in [5, 5.41) is 14.8. The van der Waals surface area contributed by atoms with Gasteiger partial charge >= 0.3 is 113 Å². The molecule has 0 amide bonds. The van der Waals surface area contributed by atoms with Gasteiger partial charge in [-0.05, 0) is 0 Å². The van der Waals surface area contributed by atoms with Crippen molar-refractivity contribution in [3.05, 3.63) is 15.3 Å². The molecule has 9 nitrogen and oxygen atoms in total. The Bertz CT molecular complexity index is 159. The van der Waals surface area contributed by atoms with Crippen molar-refractivity contribution in [2.24, 2.45) is 0 Å². The van der Waals surface area contributed by atoms with Crippen LogP contribution in [0.25, 0.3) is 0 Å². The van der Waals surface area contributed by atoms with Crippen LogP contribution in [0.1, 0.15) is 0 Å². The van der Waals surface area contributed by atoms with Crippen LogP contribution in [-0.4, -0.2) is 28.1 Å². The predicted octanol–water partition coefficient (Wildman–Crippen LogP) is -7.06. The summed E-state index contributed by atoms with van der Waals surface area (Å²) in [5.41, 5.74) is 0. The van der Waals surface area contributed by atoms with Gasteiger partial charge in [-0.15, -0.1) is 0 Å². The van der Waals surface area contributed by atoms with E-state index in [0.29, 0.717) is 0 Å². The Morgan fingerprint density at radius 1 is 1.08 bits per heavy atom. The molecule has 0 spiro atoms. The molecule has 0 heterocycles. The van der Waals surface area contributed by atoms with Gasteiger partial charge in [-0.1, -0.05) is 0 Å². The third-order valence-corrected chi connectivity index (χ3v) is 0. The van der Waals surface area contributed by atoms with Gasteiger partial charge in [-0.3, -0.25) is 9.11 Å². The van der Waals surface area contributed by atoms with Crippen LogP contribution in [0.3, 0.4) is 0 Å². The van der Waals surface area contributed by atoms with Gasteiger partial charge in [0.25, 0.3) is 0 Å². The van der Waals surface area contributed by atoms with E-state index < -0.39 is 15.5 Å². The maximum atomic E-state index is 8.74. The number of nitrogens with zero attached hydrogens (tertiary/aromatic N) is 1. The fourth-order valence-corrected chi connectivity index (χ4v) is 0. The van der Waals surface area contributed by atoms with E-state index in [9.17, 15) is 0 Å². The number of hydrogen-bond donors (Lipinski definition) is 2. The van der Waals surface area contributed by atoms with Crippen LogP contribution >= 0.6 is 0 Å². The second-order valence-electron chi connectivity index (χ2n) is 0.671. The van der Waals surface area contributed by atoms with Crippen molar-refractivity contribution < 1.29 is 131 Å². The van der Waals surface area contributed by atoms with Gasteiger partial charge in [0.05, 0.1) is 5.09 Å². The molecule has 0 atom stereocenters. The monoisotopic (exact) mass is 255 g/mol. The Hall–Kier alpha value is 2.30. The molecule has 12 heavy (non-hydrogen) atoms. The van der Waals surface area contributed by atoms with Gasteiger partial charge in [0.2, 0.25) is 0 Å². The zero-order chi connectivity index (χ0) is 8.08. The summed E-state index contributed by atoms with van der Waals surface area (Å²) in [4.78, 5) is 8.25. The van der Waals surface area contributed by atoms with E-state index in [0.717, 1.165) is 0 Å². The van der Waals surface area contributed by atoms with Crippen molar-refractivity contribution in [2.75, 3.05) is 0 Å². The molecule has 0 bridgehead atoms. The zero-order valence-corrected chi connectivity index (χ0v) is 13.3. The van der Waals surface area contributed by atoms with E-state index in [1.807, 2.05) is 0 Å². The predicted molar refractivity (Wildman–Crippen MR) is 26.5 cm³/mol. The molecule has 0 aliphatic carbocycles.